The maximum Gasteiger partial charge on any atom is 0.265 e. The van der Waals surface area contributed by atoms with Crippen LogP contribution in [0.3, 0.4) is 0 Å². The van der Waals surface area contributed by atoms with E-state index in [-0.39, 0.29) is 30.8 Å². The third-order valence-corrected chi connectivity index (χ3v) is 4.47. The van der Waals surface area contributed by atoms with E-state index in [1.165, 1.54) is 11.3 Å². The number of hydrogen-bond donors (Lipinski definition) is 0. The van der Waals surface area contributed by atoms with E-state index >= 15 is 0 Å². The van der Waals surface area contributed by atoms with Crippen LogP contribution in [0.1, 0.15) is 32.1 Å². The van der Waals surface area contributed by atoms with Gasteiger partial charge in [0.2, 0.25) is 0 Å². The van der Waals surface area contributed by atoms with Crippen LogP contribution in [0.25, 0.3) is 0 Å². The minimum absolute atomic E-state index is 0.0213. The van der Waals surface area contributed by atoms with E-state index in [1.54, 1.807) is 18.2 Å². The van der Waals surface area contributed by atoms with E-state index < -0.39 is 0 Å². The van der Waals surface area contributed by atoms with Gasteiger partial charge in [0, 0.05) is 10.9 Å². The van der Waals surface area contributed by atoms with Crippen LogP contribution in [-0.2, 0) is 9.59 Å². The number of nitrogens with zero attached hydrogens (tertiary/aromatic N) is 1. The summed E-state index contributed by atoms with van der Waals surface area (Å²) >= 11 is 6.00. The summed E-state index contributed by atoms with van der Waals surface area (Å²) in [5.74, 6) is 0.664. The van der Waals surface area contributed by atoms with Gasteiger partial charge in [-0.15, -0.1) is 0 Å². The van der Waals surface area contributed by atoms with E-state index in [4.69, 9.17) is 16.3 Å². The van der Waals surface area contributed by atoms with E-state index in [0.29, 0.717) is 16.5 Å². The van der Waals surface area contributed by atoms with Gasteiger partial charge in [-0.05, 0) is 31.0 Å². The van der Waals surface area contributed by atoms with Crippen molar-refractivity contribution in [2.45, 2.75) is 32.1 Å². The molecule has 21 heavy (non-hydrogen) atoms. The van der Waals surface area contributed by atoms with Crippen molar-refractivity contribution < 1.29 is 14.3 Å². The topological polar surface area (TPSA) is 46.6 Å². The molecule has 1 fully saturated rings. The summed E-state index contributed by atoms with van der Waals surface area (Å²) in [6, 6.07) is 5.14. The maximum atomic E-state index is 12.4. The van der Waals surface area contributed by atoms with Crippen molar-refractivity contribution in [2.24, 2.45) is 5.92 Å². The predicted molar refractivity (Wildman–Crippen MR) is 80.9 cm³/mol. The van der Waals surface area contributed by atoms with Crippen LogP contribution in [0.15, 0.2) is 18.2 Å². The van der Waals surface area contributed by atoms with Gasteiger partial charge in [0.1, 0.15) is 5.75 Å². The number of benzene rings is 1. The molecular weight excluding hydrogens is 290 g/mol. The van der Waals surface area contributed by atoms with E-state index in [1.807, 2.05) is 0 Å². The average molecular weight is 308 g/mol. The van der Waals surface area contributed by atoms with Crippen LogP contribution in [-0.4, -0.2) is 24.8 Å². The third kappa shape index (κ3) is 3.05. The van der Waals surface area contributed by atoms with Crippen LogP contribution >= 0.6 is 11.6 Å². The van der Waals surface area contributed by atoms with E-state index in [2.05, 4.69) is 0 Å². The van der Waals surface area contributed by atoms with Crippen molar-refractivity contribution in [2.75, 3.05) is 18.1 Å². The zero-order valence-electron chi connectivity index (χ0n) is 11.8. The summed E-state index contributed by atoms with van der Waals surface area (Å²) in [6.07, 6.45) is 5.31. The molecule has 0 saturated heterocycles. The molecule has 1 aliphatic heterocycles. The Morgan fingerprint density at radius 3 is 2.81 bits per heavy atom. The van der Waals surface area contributed by atoms with Gasteiger partial charge in [0.15, 0.2) is 12.4 Å². The second-order valence-corrected chi connectivity index (χ2v) is 6.12. The van der Waals surface area contributed by atoms with Crippen molar-refractivity contribution >= 4 is 29.0 Å². The summed E-state index contributed by atoms with van der Waals surface area (Å²) in [6.45, 7) is 0.104. The van der Waals surface area contributed by atoms with Gasteiger partial charge in [-0.3, -0.25) is 14.5 Å². The first kappa shape index (κ1) is 14.4. The van der Waals surface area contributed by atoms with Crippen molar-refractivity contribution in [3.05, 3.63) is 23.2 Å². The highest BCUT2D eigenvalue weighted by Gasteiger charge is 2.30. The summed E-state index contributed by atoms with van der Waals surface area (Å²) in [5, 5.41) is 0.530. The normalized spacial score (nSPS) is 19.1. The fraction of sp³-hybridized carbons (Fsp3) is 0.500. The molecule has 1 aromatic carbocycles. The molecule has 0 atom stereocenters. The number of amides is 1. The zero-order chi connectivity index (χ0) is 14.8. The number of carbonyl (C=O) groups is 2. The molecule has 0 N–H and O–H groups in total. The van der Waals surface area contributed by atoms with Crippen LogP contribution in [0, 0.1) is 5.92 Å². The van der Waals surface area contributed by atoms with Gasteiger partial charge in [0.05, 0.1) is 12.2 Å². The fourth-order valence-electron chi connectivity index (χ4n) is 3.06. The molecule has 3 rings (SSSR count). The minimum Gasteiger partial charge on any atom is -0.482 e. The Morgan fingerprint density at radius 2 is 2.05 bits per heavy atom. The SMILES string of the molecule is O=C(CN1C(=O)COc2ccc(Cl)cc21)C1CCCCC1. The van der Waals surface area contributed by atoms with Crippen LogP contribution in [0.2, 0.25) is 5.02 Å². The summed E-state index contributed by atoms with van der Waals surface area (Å²) < 4.78 is 5.39. The predicted octanol–water partition coefficient (Wildman–Crippen LogP) is 3.21. The molecule has 1 aliphatic carbocycles. The molecule has 1 amide bonds. The third-order valence-electron chi connectivity index (χ3n) is 4.24. The number of rotatable bonds is 3. The molecule has 0 radical (unpaired) electrons. The molecule has 2 aliphatic rings. The fourth-order valence-corrected chi connectivity index (χ4v) is 3.22. The molecule has 1 heterocycles. The molecule has 0 aromatic heterocycles. The molecule has 4 nitrogen and oxygen atoms in total. The second-order valence-electron chi connectivity index (χ2n) is 5.68. The number of ether oxygens (including phenoxy) is 1. The highest BCUT2D eigenvalue weighted by molar-refractivity contribution is 6.31. The van der Waals surface area contributed by atoms with Crippen molar-refractivity contribution in [3.8, 4) is 5.75 Å². The lowest BCUT2D eigenvalue weighted by Crippen LogP contribution is -2.43. The molecule has 5 heteroatoms. The summed E-state index contributed by atoms with van der Waals surface area (Å²) in [7, 11) is 0. The Balaban J connectivity index is 1.79. The molecule has 0 bridgehead atoms. The van der Waals surface area contributed by atoms with Crippen molar-refractivity contribution in [1.29, 1.82) is 0 Å². The first-order chi connectivity index (χ1) is 10.1. The highest BCUT2D eigenvalue weighted by Crippen LogP contribution is 2.35. The van der Waals surface area contributed by atoms with Gasteiger partial charge < -0.3 is 4.74 Å². The lowest BCUT2D eigenvalue weighted by atomic mass is 9.86. The Kier molecular flexibility index (Phi) is 4.15. The Morgan fingerprint density at radius 1 is 1.29 bits per heavy atom. The van der Waals surface area contributed by atoms with Gasteiger partial charge >= 0.3 is 0 Å². The van der Waals surface area contributed by atoms with Crippen LogP contribution in [0.4, 0.5) is 5.69 Å². The maximum absolute atomic E-state index is 12.4. The Hall–Kier alpha value is -1.55. The lowest BCUT2D eigenvalue weighted by molar-refractivity contribution is -0.126. The molecule has 0 spiro atoms. The second kappa shape index (κ2) is 6.06. The smallest absolute Gasteiger partial charge is 0.265 e. The molecule has 112 valence electrons. The van der Waals surface area contributed by atoms with Gasteiger partial charge in [0.25, 0.3) is 5.91 Å². The number of hydrogen-bond acceptors (Lipinski definition) is 3. The average Bonchev–Trinajstić information content (AvgIpc) is 2.51. The first-order valence-corrected chi connectivity index (χ1v) is 7.78. The van der Waals surface area contributed by atoms with E-state index in [0.717, 1.165) is 25.7 Å². The lowest BCUT2D eigenvalue weighted by Gasteiger charge is -2.30. The van der Waals surface area contributed by atoms with Crippen LogP contribution in [0.5, 0.6) is 5.75 Å². The highest BCUT2D eigenvalue weighted by atomic mass is 35.5. The minimum atomic E-state index is -0.186. The number of Topliss-reactive ketones (excluding diaryl/α,β-unsaturated/α-hetero) is 1. The summed E-state index contributed by atoms with van der Waals surface area (Å²) in [4.78, 5) is 26.0. The first-order valence-electron chi connectivity index (χ1n) is 7.40. The molecule has 1 aromatic rings. The molecular formula is C16H18ClNO3. The number of anilines is 1. The molecule has 0 unspecified atom stereocenters. The standard InChI is InChI=1S/C16H18ClNO3/c17-12-6-7-15-13(8-12)18(16(20)10-21-15)9-14(19)11-4-2-1-3-5-11/h6-8,11H,1-5,9-10H2. The monoisotopic (exact) mass is 307 g/mol. The van der Waals surface area contributed by atoms with Crippen molar-refractivity contribution in [3.63, 3.8) is 0 Å². The number of halogens is 1. The number of ketones is 1. The number of carbonyl (C=O) groups excluding carboxylic acids is 2. The van der Waals surface area contributed by atoms with Crippen LogP contribution < -0.4 is 9.64 Å². The largest absolute Gasteiger partial charge is 0.482 e. The van der Waals surface area contributed by atoms with Crippen molar-refractivity contribution in [1.82, 2.24) is 0 Å². The quantitative estimate of drug-likeness (QED) is 0.861. The zero-order valence-corrected chi connectivity index (χ0v) is 12.6. The van der Waals surface area contributed by atoms with Gasteiger partial charge in [-0.2, -0.15) is 0 Å². The summed E-state index contributed by atoms with van der Waals surface area (Å²) in [5.41, 5.74) is 0.600. The Bertz CT molecular complexity index is 567. The van der Waals surface area contributed by atoms with Gasteiger partial charge in [-0.1, -0.05) is 30.9 Å². The van der Waals surface area contributed by atoms with Gasteiger partial charge in [-0.25, -0.2) is 0 Å². The number of fused-ring (bicyclic) bond motifs is 1. The molecule has 1 saturated carbocycles. The van der Waals surface area contributed by atoms with E-state index in [9.17, 15) is 9.59 Å². The Labute approximate surface area is 129 Å².